The largest absolute Gasteiger partial charge is 0.396 e. The molecule has 0 aromatic carbocycles. The summed E-state index contributed by atoms with van der Waals surface area (Å²) in [5.41, 5.74) is 3.04. The van der Waals surface area contributed by atoms with Crippen LogP contribution < -0.4 is 0 Å². The van der Waals surface area contributed by atoms with Crippen molar-refractivity contribution >= 4 is 0 Å². The first-order valence-corrected chi connectivity index (χ1v) is 8.06. The summed E-state index contributed by atoms with van der Waals surface area (Å²) in [5.74, 6) is 0. The molecule has 2 atom stereocenters. The fraction of sp³-hybridized carbons (Fsp3) is 0.684. The van der Waals surface area contributed by atoms with Crippen molar-refractivity contribution in [1.82, 2.24) is 0 Å². The van der Waals surface area contributed by atoms with Gasteiger partial charge < -0.3 is 10.2 Å². The molecule has 2 aliphatic carbocycles. The Hall–Kier alpha value is -0.860. The first-order valence-electron chi connectivity index (χ1n) is 8.06. The molecule has 0 aliphatic heterocycles. The number of allylic oxidation sites excluding steroid dienone is 5. The van der Waals surface area contributed by atoms with Gasteiger partial charge in [-0.05, 0) is 56.9 Å². The van der Waals surface area contributed by atoms with Crippen molar-refractivity contribution < 1.29 is 10.2 Å². The molecule has 0 heterocycles. The van der Waals surface area contributed by atoms with Gasteiger partial charge in [0.05, 0.1) is 6.61 Å². The van der Waals surface area contributed by atoms with Gasteiger partial charge in [0.25, 0.3) is 0 Å². The molecule has 0 fully saturated rings. The van der Waals surface area contributed by atoms with Crippen LogP contribution in [-0.4, -0.2) is 23.4 Å². The molecule has 2 rings (SSSR count). The Morgan fingerprint density at radius 3 is 2.14 bits per heavy atom. The van der Waals surface area contributed by atoms with Crippen molar-refractivity contribution in [2.24, 2.45) is 10.8 Å². The van der Waals surface area contributed by atoms with E-state index in [0.29, 0.717) is 6.61 Å². The maximum atomic E-state index is 9.11. The number of aliphatic hydroxyl groups is 2. The molecule has 2 nitrogen and oxygen atoms in total. The second-order valence-corrected chi connectivity index (χ2v) is 7.35. The molecule has 0 radical (unpaired) electrons. The van der Waals surface area contributed by atoms with Gasteiger partial charge in [0.1, 0.15) is 0 Å². The van der Waals surface area contributed by atoms with E-state index < -0.39 is 0 Å². The molecular weight excluding hydrogens is 260 g/mol. The molecule has 0 aromatic heterocycles. The fourth-order valence-corrected chi connectivity index (χ4v) is 2.60. The molecule has 2 heteroatoms. The second-order valence-electron chi connectivity index (χ2n) is 7.35. The molecule has 0 spiro atoms. The smallest absolute Gasteiger partial charge is 0.0519 e. The van der Waals surface area contributed by atoms with Crippen LogP contribution in [-0.2, 0) is 0 Å². The molecule has 0 saturated carbocycles. The monoisotopic (exact) mass is 292 g/mol. The molecule has 0 aromatic rings. The normalized spacial score (nSPS) is 31.6. The Bertz CT molecular complexity index is 415. The third-order valence-corrected chi connectivity index (χ3v) is 4.73. The van der Waals surface area contributed by atoms with E-state index >= 15 is 0 Å². The van der Waals surface area contributed by atoms with E-state index in [1.165, 1.54) is 11.1 Å². The van der Waals surface area contributed by atoms with Gasteiger partial charge in [-0.2, -0.15) is 0 Å². The van der Waals surface area contributed by atoms with E-state index in [-0.39, 0.29) is 17.4 Å². The summed E-state index contributed by atoms with van der Waals surface area (Å²) in [5, 5.41) is 18.0. The van der Waals surface area contributed by atoms with Crippen LogP contribution in [0.25, 0.3) is 0 Å². The first-order chi connectivity index (χ1) is 9.84. The average Bonchev–Trinajstić information content (AvgIpc) is 2.49. The molecule has 120 valence electrons. The summed E-state index contributed by atoms with van der Waals surface area (Å²) in [6.07, 6.45) is 14.2. The van der Waals surface area contributed by atoms with Gasteiger partial charge in [0.15, 0.2) is 0 Å². The molecule has 0 amide bonds. The topological polar surface area (TPSA) is 40.5 Å². The second kappa shape index (κ2) is 7.95. The Labute approximate surface area is 130 Å². The highest BCUT2D eigenvalue weighted by molar-refractivity contribution is 5.28. The number of aliphatic hydroxyl groups excluding tert-OH is 2. The van der Waals surface area contributed by atoms with Crippen LogP contribution in [0.4, 0.5) is 0 Å². The summed E-state index contributed by atoms with van der Waals surface area (Å²) in [7, 11) is 0. The summed E-state index contributed by atoms with van der Waals surface area (Å²) >= 11 is 0. The number of rotatable bonds is 2. The molecule has 2 N–H and O–H groups in total. The Balaban J connectivity index is 0.000000219. The van der Waals surface area contributed by atoms with Crippen molar-refractivity contribution in [3.63, 3.8) is 0 Å². The lowest BCUT2D eigenvalue weighted by atomic mass is 9.79. The average molecular weight is 292 g/mol. The van der Waals surface area contributed by atoms with Crippen molar-refractivity contribution in [2.75, 3.05) is 13.2 Å². The zero-order chi connectivity index (χ0) is 15.9. The fourth-order valence-electron chi connectivity index (χ4n) is 2.60. The van der Waals surface area contributed by atoms with Crippen molar-refractivity contribution in [2.45, 2.75) is 59.8 Å². The van der Waals surface area contributed by atoms with Gasteiger partial charge in [-0.25, -0.2) is 0 Å². The lowest BCUT2D eigenvalue weighted by Crippen LogP contribution is -2.21. The first kappa shape index (κ1) is 18.2. The standard InChI is InChI=1S/C11H18O.C8H14O/c1-9(2)10-4-6-11(3,8-12)7-5-10;1-8(7-9)5-3-2-4-6-8/h4,6,12H,5,7-8H2,1-3H3;2-3,9H,4-7H2,1H3. The molecule has 0 bridgehead atoms. The third-order valence-electron chi connectivity index (χ3n) is 4.73. The maximum Gasteiger partial charge on any atom is 0.0519 e. The van der Waals surface area contributed by atoms with Crippen LogP contribution in [0.15, 0.2) is 35.5 Å². The van der Waals surface area contributed by atoms with Crippen molar-refractivity contribution in [1.29, 1.82) is 0 Å². The SMILES string of the molecule is CC(C)=C1C=CC(C)(CO)CC1.CC1(CO)CC=CCC1. The molecule has 0 saturated heterocycles. The van der Waals surface area contributed by atoms with Crippen LogP contribution >= 0.6 is 0 Å². The third kappa shape index (κ3) is 5.80. The summed E-state index contributed by atoms with van der Waals surface area (Å²) in [4.78, 5) is 0. The maximum absolute atomic E-state index is 9.11. The Kier molecular flexibility index (Phi) is 6.89. The minimum atomic E-state index is 0.0267. The van der Waals surface area contributed by atoms with E-state index in [1.807, 2.05) is 0 Å². The van der Waals surface area contributed by atoms with Gasteiger partial charge in [-0.3, -0.25) is 0 Å². The van der Waals surface area contributed by atoms with Crippen LogP contribution in [0.1, 0.15) is 59.8 Å². The van der Waals surface area contributed by atoms with E-state index in [0.717, 1.165) is 32.1 Å². The van der Waals surface area contributed by atoms with E-state index in [2.05, 4.69) is 52.0 Å². The zero-order valence-electron chi connectivity index (χ0n) is 14.2. The lowest BCUT2D eigenvalue weighted by Gasteiger charge is -2.27. The Morgan fingerprint density at radius 1 is 1.10 bits per heavy atom. The minimum Gasteiger partial charge on any atom is -0.396 e. The minimum absolute atomic E-state index is 0.0267. The van der Waals surface area contributed by atoms with E-state index in [9.17, 15) is 0 Å². The number of hydrogen-bond donors (Lipinski definition) is 2. The molecular formula is C19H32O2. The van der Waals surface area contributed by atoms with Gasteiger partial charge in [-0.15, -0.1) is 0 Å². The van der Waals surface area contributed by atoms with Crippen LogP contribution in [0.5, 0.6) is 0 Å². The van der Waals surface area contributed by atoms with Gasteiger partial charge >= 0.3 is 0 Å². The molecule has 21 heavy (non-hydrogen) atoms. The van der Waals surface area contributed by atoms with E-state index in [4.69, 9.17) is 10.2 Å². The highest BCUT2D eigenvalue weighted by Crippen LogP contribution is 2.33. The zero-order valence-corrected chi connectivity index (χ0v) is 14.2. The van der Waals surface area contributed by atoms with Gasteiger partial charge in [0.2, 0.25) is 0 Å². The number of hydrogen-bond acceptors (Lipinski definition) is 2. The van der Waals surface area contributed by atoms with Gasteiger partial charge in [-0.1, -0.05) is 43.7 Å². The van der Waals surface area contributed by atoms with Crippen LogP contribution in [0.2, 0.25) is 0 Å². The van der Waals surface area contributed by atoms with E-state index in [1.54, 1.807) is 0 Å². The predicted octanol–water partition coefficient (Wildman–Crippen LogP) is 4.40. The van der Waals surface area contributed by atoms with Crippen LogP contribution in [0.3, 0.4) is 0 Å². The summed E-state index contributed by atoms with van der Waals surface area (Å²) < 4.78 is 0. The summed E-state index contributed by atoms with van der Waals surface area (Å²) in [6, 6.07) is 0. The molecule has 2 unspecified atom stereocenters. The lowest BCUT2D eigenvalue weighted by molar-refractivity contribution is 0.132. The van der Waals surface area contributed by atoms with Crippen molar-refractivity contribution in [3.8, 4) is 0 Å². The highest BCUT2D eigenvalue weighted by Gasteiger charge is 2.23. The summed E-state index contributed by atoms with van der Waals surface area (Å²) in [6.45, 7) is 9.11. The Morgan fingerprint density at radius 2 is 1.81 bits per heavy atom. The van der Waals surface area contributed by atoms with Crippen LogP contribution in [0, 0.1) is 10.8 Å². The quantitative estimate of drug-likeness (QED) is 0.741. The van der Waals surface area contributed by atoms with Gasteiger partial charge in [0, 0.05) is 12.0 Å². The highest BCUT2D eigenvalue weighted by atomic mass is 16.3. The molecule has 2 aliphatic rings. The predicted molar refractivity (Wildman–Crippen MR) is 90.1 cm³/mol. The van der Waals surface area contributed by atoms with Crippen molar-refractivity contribution in [3.05, 3.63) is 35.5 Å².